The van der Waals surface area contributed by atoms with Gasteiger partial charge in [-0.3, -0.25) is 14.4 Å². The first-order valence-electron chi connectivity index (χ1n) is 7.44. The number of hydrogen-bond acceptors (Lipinski definition) is 11. The SMILES string of the molecule is CC(=O)OC[C@H]1O[C@@H](N2[C+]=NC(C#N)=C2[O-])[C@H](OC(C)=O)[C@@H]1OC(C)=O. The molecule has 2 aliphatic rings. The third-order valence-electron chi connectivity index (χ3n) is 3.39. The number of nitriles is 1. The predicted molar refractivity (Wildman–Crippen MR) is 78.3 cm³/mol. The summed E-state index contributed by atoms with van der Waals surface area (Å²) in [6.45, 7) is 3.12. The Kier molecular flexibility index (Phi) is 5.71. The number of aliphatic imine (C=N–C) groups is 1. The third kappa shape index (κ3) is 4.05. The Labute approximate surface area is 148 Å². The van der Waals surface area contributed by atoms with E-state index in [1.807, 2.05) is 0 Å². The van der Waals surface area contributed by atoms with E-state index in [0.29, 0.717) is 0 Å². The molecule has 0 amide bonds. The molecule has 11 nitrogen and oxygen atoms in total. The Balaban J connectivity index is 2.33. The maximum atomic E-state index is 12.2. The Morgan fingerprint density at radius 2 is 1.85 bits per heavy atom. The average molecular weight is 365 g/mol. The average Bonchev–Trinajstić information content (AvgIpc) is 3.06. The Hall–Kier alpha value is -3.22. The Morgan fingerprint density at radius 1 is 1.23 bits per heavy atom. The van der Waals surface area contributed by atoms with E-state index in [-0.39, 0.29) is 6.61 Å². The molecule has 0 radical (unpaired) electrons. The van der Waals surface area contributed by atoms with Crippen LogP contribution in [-0.4, -0.2) is 60.3 Å². The second-order valence-corrected chi connectivity index (χ2v) is 5.36. The summed E-state index contributed by atoms with van der Waals surface area (Å²) in [6.07, 6.45) is -2.38. The molecule has 0 aromatic heterocycles. The number of ether oxygens (including phenoxy) is 4. The first-order valence-corrected chi connectivity index (χ1v) is 7.44. The van der Waals surface area contributed by atoms with Crippen molar-refractivity contribution in [3.05, 3.63) is 11.6 Å². The number of nitrogens with zero attached hydrogens (tertiary/aromatic N) is 3. The van der Waals surface area contributed by atoms with Gasteiger partial charge < -0.3 is 24.1 Å². The number of carbonyl (C=O) groups excluding carboxylic acids is 3. The number of rotatable bonds is 5. The zero-order valence-electron chi connectivity index (χ0n) is 14.1. The van der Waals surface area contributed by atoms with E-state index >= 15 is 0 Å². The van der Waals surface area contributed by atoms with Gasteiger partial charge in [0.1, 0.15) is 12.7 Å². The van der Waals surface area contributed by atoms with Crippen molar-refractivity contribution < 1.29 is 38.4 Å². The highest BCUT2D eigenvalue weighted by Crippen LogP contribution is 2.32. The van der Waals surface area contributed by atoms with Crippen LogP contribution in [0.15, 0.2) is 16.6 Å². The summed E-state index contributed by atoms with van der Waals surface area (Å²) in [5.41, 5.74) is -0.428. The number of carbonyl (C=O) groups is 3. The van der Waals surface area contributed by atoms with Crippen molar-refractivity contribution in [1.82, 2.24) is 4.90 Å². The largest absolute Gasteiger partial charge is 0.788 e. The lowest BCUT2D eigenvalue weighted by molar-refractivity contribution is -0.335. The second kappa shape index (κ2) is 7.77. The first kappa shape index (κ1) is 19.1. The minimum Gasteiger partial charge on any atom is -0.788 e. The van der Waals surface area contributed by atoms with Gasteiger partial charge in [-0.1, -0.05) is 0 Å². The number of hydrogen-bond donors (Lipinski definition) is 0. The lowest BCUT2D eigenvalue weighted by atomic mass is 10.1. The molecule has 0 aromatic rings. The van der Waals surface area contributed by atoms with Gasteiger partial charge in [0.05, 0.1) is 0 Å². The quantitative estimate of drug-likeness (QED) is 0.317. The molecule has 2 heterocycles. The standard InChI is InChI=1S/C15H15N3O8/c1-7(19)23-5-11-12(24-8(2)20)13(25-9(3)21)15(26-11)18-6-17-10(4-16)14(18)22/h11-13,15H,5H2,1-3H3/t11-,12-,13-,15-/m1/s1. The van der Waals surface area contributed by atoms with E-state index in [0.717, 1.165) is 18.7 Å². The molecule has 0 saturated carbocycles. The normalized spacial score (nSPS) is 26.9. The highest BCUT2D eigenvalue weighted by atomic mass is 16.7. The molecule has 4 atom stereocenters. The van der Waals surface area contributed by atoms with Crippen molar-refractivity contribution in [2.75, 3.05) is 6.61 Å². The smallest absolute Gasteiger partial charge is 0.315 e. The van der Waals surface area contributed by atoms with Crippen LogP contribution in [0.1, 0.15) is 20.8 Å². The summed E-state index contributed by atoms with van der Waals surface area (Å²) >= 11 is 0. The van der Waals surface area contributed by atoms with E-state index in [1.165, 1.54) is 6.92 Å². The monoisotopic (exact) mass is 365 g/mol. The fourth-order valence-electron chi connectivity index (χ4n) is 2.46. The van der Waals surface area contributed by atoms with Gasteiger partial charge in [-0.25, -0.2) is 0 Å². The molecule has 2 aliphatic heterocycles. The highest BCUT2D eigenvalue weighted by molar-refractivity contribution is 5.69. The van der Waals surface area contributed by atoms with Crippen molar-refractivity contribution in [1.29, 1.82) is 5.26 Å². The number of allylic oxidation sites excluding steroid dienone is 1. The zero-order valence-corrected chi connectivity index (χ0v) is 14.1. The molecular weight excluding hydrogens is 350 g/mol. The lowest BCUT2D eigenvalue weighted by Crippen LogP contribution is -2.47. The molecule has 1 saturated heterocycles. The van der Waals surface area contributed by atoms with E-state index < -0.39 is 54.0 Å². The summed E-state index contributed by atoms with van der Waals surface area (Å²) in [7, 11) is 0. The van der Waals surface area contributed by atoms with Crippen LogP contribution < -0.4 is 5.11 Å². The minimum atomic E-state index is -1.27. The van der Waals surface area contributed by atoms with Crippen LogP contribution >= 0.6 is 0 Å². The van der Waals surface area contributed by atoms with Crippen LogP contribution in [-0.2, 0) is 33.3 Å². The van der Waals surface area contributed by atoms with E-state index in [2.05, 4.69) is 11.3 Å². The van der Waals surface area contributed by atoms with Crippen LogP contribution in [0, 0.1) is 11.3 Å². The van der Waals surface area contributed by atoms with E-state index in [1.54, 1.807) is 6.07 Å². The summed E-state index contributed by atoms with van der Waals surface area (Å²) < 4.78 is 20.8. The molecule has 0 aromatic carbocycles. The lowest BCUT2D eigenvalue weighted by Gasteiger charge is -2.25. The van der Waals surface area contributed by atoms with Gasteiger partial charge in [0.2, 0.25) is 12.3 Å². The van der Waals surface area contributed by atoms with Gasteiger partial charge >= 0.3 is 23.6 Å². The minimum absolute atomic E-state index is 0.310. The predicted octanol–water partition coefficient (Wildman–Crippen LogP) is -1.59. The summed E-state index contributed by atoms with van der Waals surface area (Å²) in [6, 6.07) is 1.60. The molecule has 138 valence electrons. The molecular formula is C15H15N3O8. The molecule has 1 fully saturated rings. The molecule has 26 heavy (non-hydrogen) atoms. The van der Waals surface area contributed by atoms with Crippen LogP contribution in [0.25, 0.3) is 0 Å². The summed E-state index contributed by atoms with van der Waals surface area (Å²) in [5.74, 6) is -2.83. The molecule has 11 heteroatoms. The van der Waals surface area contributed by atoms with Crippen molar-refractivity contribution >= 4 is 24.2 Å². The maximum absolute atomic E-state index is 12.2. The molecule has 0 spiro atoms. The van der Waals surface area contributed by atoms with Crippen molar-refractivity contribution in [2.24, 2.45) is 4.99 Å². The molecule has 0 unspecified atom stereocenters. The van der Waals surface area contributed by atoms with Crippen LogP contribution in [0.2, 0.25) is 0 Å². The number of esters is 3. The molecule has 0 aliphatic carbocycles. The fourth-order valence-corrected chi connectivity index (χ4v) is 2.46. The van der Waals surface area contributed by atoms with E-state index in [4.69, 9.17) is 24.2 Å². The molecule has 0 bridgehead atoms. The maximum Gasteiger partial charge on any atom is 0.315 e. The van der Waals surface area contributed by atoms with Crippen molar-refractivity contribution in [2.45, 2.75) is 45.3 Å². The van der Waals surface area contributed by atoms with Crippen molar-refractivity contribution in [3.8, 4) is 6.07 Å². The Bertz CT molecular complexity index is 710. The molecule has 2 rings (SSSR count). The fraction of sp³-hybridized carbons (Fsp3) is 0.533. The van der Waals surface area contributed by atoms with Crippen LogP contribution in [0.4, 0.5) is 0 Å². The second-order valence-electron chi connectivity index (χ2n) is 5.36. The first-order chi connectivity index (χ1) is 12.2. The van der Waals surface area contributed by atoms with Gasteiger partial charge in [0.25, 0.3) is 6.34 Å². The van der Waals surface area contributed by atoms with Gasteiger partial charge in [-0.05, 0) is 4.99 Å². The zero-order chi connectivity index (χ0) is 19.4. The van der Waals surface area contributed by atoms with Gasteiger partial charge in [0, 0.05) is 20.8 Å². The molecule has 0 N–H and O–H groups in total. The highest BCUT2D eigenvalue weighted by Gasteiger charge is 2.55. The van der Waals surface area contributed by atoms with Crippen molar-refractivity contribution in [3.63, 3.8) is 0 Å². The summed E-state index contributed by atoms with van der Waals surface area (Å²) in [4.78, 5) is 38.3. The van der Waals surface area contributed by atoms with Gasteiger partial charge in [-0.2, -0.15) is 5.26 Å². The summed E-state index contributed by atoms with van der Waals surface area (Å²) in [5, 5.41) is 21.0. The topological polar surface area (TPSA) is 151 Å². The van der Waals surface area contributed by atoms with Gasteiger partial charge in [0.15, 0.2) is 18.1 Å². The van der Waals surface area contributed by atoms with E-state index in [9.17, 15) is 19.5 Å². The van der Waals surface area contributed by atoms with Gasteiger partial charge in [-0.15, -0.1) is 4.90 Å². The van der Waals surface area contributed by atoms with Crippen LogP contribution in [0.5, 0.6) is 0 Å². The Morgan fingerprint density at radius 3 is 2.35 bits per heavy atom. The third-order valence-corrected chi connectivity index (χ3v) is 3.39. The van der Waals surface area contributed by atoms with Crippen LogP contribution in [0.3, 0.4) is 0 Å².